The first kappa shape index (κ1) is 10.9. The van der Waals surface area contributed by atoms with Crippen LogP contribution in [0.1, 0.15) is 6.92 Å². The van der Waals surface area contributed by atoms with Gasteiger partial charge in [0.05, 0.1) is 18.4 Å². The third kappa shape index (κ3) is 2.93. The van der Waals surface area contributed by atoms with Crippen molar-refractivity contribution in [2.24, 2.45) is 0 Å². The van der Waals surface area contributed by atoms with E-state index in [9.17, 15) is 4.39 Å². The maximum Gasteiger partial charge on any atom is 0.166 e. The van der Waals surface area contributed by atoms with Crippen molar-refractivity contribution in [3.8, 4) is 11.8 Å². The topological polar surface area (TPSA) is 33.0 Å². The van der Waals surface area contributed by atoms with E-state index >= 15 is 0 Å². The van der Waals surface area contributed by atoms with Crippen LogP contribution >= 0.6 is 11.8 Å². The van der Waals surface area contributed by atoms with Gasteiger partial charge < -0.3 is 4.74 Å². The van der Waals surface area contributed by atoms with Gasteiger partial charge >= 0.3 is 0 Å². The fraction of sp³-hybridized carbons (Fsp3) is 0.300. The zero-order chi connectivity index (χ0) is 10.4. The second kappa shape index (κ2) is 5.51. The van der Waals surface area contributed by atoms with E-state index in [4.69, 9.17) is 10.00 Å². The van der Waals surface area contributed by atoms with E-state index in [2.05, 4.69) is 0 Å². The molecule has 0 N–H and O–H groups in total. The van der Waals surface area contributed by atoms with Crippen molar-refractivity contribution in [3.05, 3.63) is 24.0 Å². The Kier molecular flexibility index (Phi) is 4.27. The highest BCUT2D eigenvalue weighted by Gasteiger charge is 2.03. The van der Waals surface area contributed by atoms with Gasteiger partial charge in [-0.1, -0.05) is 0 Å². The summed E-state index contributed by atoms with van der Waals surface area (Å²) >= 11 is 1.30. The lowest BCUT2D eigenvalue weighted by molar-refractivity contribution is 0.321. The maximum atomic E-state index is 13.2. The van der Waals surface area contributed by atoms with Crippen LogP contribution in [-0.4, -0.2) is 12.4 Å². The average Bonchev–Trinajstić information content (AvgIpc) is 2.19. The molecule has 0 aliphatic carbocycles. The SMILES string of the molecule is CCOc1ccc(SCC#N)cc1F. The number of thioether (sulfide) groups is 1. The predicted octanol–water partition coefficient (Wildman–Crippen LogP) is 2.84. The molecule has 0 fully saturated rings. The van der Waals surface area contributed by atoms with Gasteiger partial charge in [0.2, 0.25) is 0 Å². The highest BCUT2D eigenvalue weighted by atomic mass is 32.2. The van der Waals surface area contributed by atoms with Crippen LogP contribution in [0, 0.1) is 17.1 Å². The first-order valence-corrected chi connectivity index (χ1v) is 5.18. The summed E-state index contributed by atoms with van der Waals surface area (Å²) in [6.07, 6.45) is 0. The number of rotatable bonds is 4. The van der Waals surface area contributed by atoms with Gasteiger partial charge in [-0.3, -0.25) is 0 Å². The van der Waals surface area contributed by atoms with E-state index < -0.39 is 0 Å². The number of nitrogens with zero attached hydrogens (tertiary/aromatic N) is 1. The number of hydrogen-bond donors (Lipinski definition) is 0. The molecule has 2 nitrogen and oxygen atoms in total. The highest BCUT2D eigenvalue weighted by Crippen LogP contribution is 2.24. The van der Waals surface area contributed by atoms with Crippen molar-refractivity contribution in [2.45, 2.75) is 11.8 Å². The van der Waals surface area contributed by atoms with E-state index in [1.165, 1.54) is 17.8 Å². The molecule has 0 radical (unpaired) electrons. The summed E-state index contributed by atoms with van der Waals surface area (Å²) < 4.78 is 18.3. The molecule has 0 atom stereocenters. The standard InChI is InChI=1S/C10H10FNOS/c1-2-13-10-4-3-8(7-9(10)11)14-6-5-12/h3-4,7H,2,6H2,1H3. The molecule has 0 heterocycles. The third-order valence-electron chi connectivity index (χ3n) is 1.51. The summed E-state index contributed by atoms with van der Waals surface area (Å²) in [7, 11) is 0. The molecule has 0 amide bonds. The lowest BCUT2D eigenvalue weighted by Gasteiger charge is -2.05. The van der Waals surface area contributed by atoms with E-state index in [-0.39, 0.29) is 11.6 Å². The summed E-state index contributed by atoms with van der Waals surface area (Å²) in [5.74, 6) is 0.205. The second-order valence-corrected chi connectivity index (χ2v) is 3.52. The quantitative estimate of drug-likeness (QED) is 0.718. The van der Waals surface area contributed by atoms with Crippen molar-refractivity contribution in [1.29, 1.82) is 5.26 Å². The zero-order valence-electron chi connectivity index (χ0n) is 7.79. The maximum absolute atomic E-state index is 13.2. The van der Waals surface area contributed by atoms with Crippen molar-refractivity contribution >= 4 is 11.8 Å². The van der Waals surface area contributed by atoms with Gasteiger partial charge in [-0.25, -0.2) is 4.39 Å². The summed E-state index contributed by atoms with van der Waals surface area (Å²) in [5.41, 5.74) is 0. The molecule has 1 rings (SSSR count). The summed E-state index contributed by atoms with van der Waals surface area (Å²) in [4.78, 5) is 0.743. The van der Waals surface area contributed by atoms with Gasteiger partial charge in [-0.2, -0.15) is 5.26 Å². The molecular weight excluding hydrogens is 201 g/mol. The fourth-order valence-corrected chi connectivity index (χ4v) is 1.54. The minimum Gasteiger partial charge on any atom is -0.491 e. The number of hydrogen-bond acceptors (Lipinski definition) is 3. The minimum atomic E-state index is -0.380. The largest absolute Gasteiger partial charge is 0.491 e. The minimum absolute atomic E-state index is 0.258. The Morgan fingerprint density at radius 1 is 1.57 bits per heavy atom. The fourth-order valence-electron chi connectivity index (χ4n) is 0.960. The van der Waals surface area contributed by atoms with E-state index in [0.717, 1.165) is 4.90 Å². The lowest BCUT2D eigenvalue weighted by atomic mass is 10.3. The molecule has 1 aromatic carbocycles. The van der Waals surface area contributed by atoms with E-state index in [1.807, 2.05) is 6.07 Å². The molecule has 1 aromatic rings. The number of halogens is 1. The van der Waals surface area contributed by atoms with Crippen LogP contribution in [0.4, 0.5) is 4.39 Å². The molecule has 0 aromatic heterocycles. The van der Waals surface area contributed by atoms with Crippen molar-refractivity contribution in [3.63, 3.8) is 0 Å². The molecule has 14 heavy (non-hydrogen) atoms. The van der Waals surface area contributed by atoms with Crippen LogP contribution in [0.3, 0.4) is 0 Å². The van der Waals surface area contributed by atoms with Crippen LogP contribution in [0.2, 0.25) is 0 Å². The number of ether oxygens (including phenoxy) is 1. The molecule has 0 aliphatic heterocycles. The first-order chi connectivity index (χ1) is 6.77. The number of nitriles is 1. The Bertz CT molecular complexity index is 348. The first-order valence-electron chi connectivity index (χ1n) is 4.20. The average molecular weight is 211 g/mol. The molecule has 0 saturated carbocycles. The summed E-state index contributed by atoms with van der Waals surface area (Å²) in [5, 5.41) is 8.35. The Labute approximate surface area is 86.7 Å². The normalized spacial score (nSPS) is 9.50. The Balaban J connectivity index is 2.74. The lowest BCUT2D eigenvalue weighted by Crippen LogP contribution is -1.94. The number of benzene rings is 1. The van der Waals surface area contributed by atoms with Crippen molar-refractivity contribution in [1.82, 2.24) is 0 Å². The highest BCUT2D eigenvalue weighted by molar-refractivity contribution is 7.99. The predicted molar refractivity (Wildman–Crippen MR) is 53.9 cm³/mol. The molecule has 74 valence electrons. The van der Waals surface area contributed by atoms with Crippen LogP contribution in [0.25, 0.3) is 0 Å². The van der Waals surface area contributed by atoms with Crippen LogP contribution in [0.15, 0.2) is 23.1 Å². The molecule has 0 spiro atoms. The molecule has 0 aliphatic rings. The molecule has 4 heteroatoms. The van der Waals surface area contributed by atoms with Gasteiger partial charge in [0.25, 0.3) is 0 Å². The Morgan fingerprint density at radius 2 is 2.36 bits per heavy atom. The van der Waals surface area contributed by atoms with E-state index in [0.29, 0.717) is 12.4 Å². The van der Waals surface area contributed by atoms with Gasteiger partial charge in [-0.05, 0) is 25.1 Å². The second-order valence-electron chi connectivity index (χ2n) is 2.47. The van der Waals surface area contributed by atoms with E-state index in [1.54, 1.807) is 19.1 Å². The molecular formula is C10H10FNOS. The monoisotopic (exact) mass is 211 g/mol. The van der Waals surface area contributed by atoms with Gasteiger partial charge in [-0.15, -0.1) is 11.8 Å². The van der Waals surface area contributed by atoms with Gasteiger partial charge in [0.1, 0.15) is 0 Å². The Morgan fingerprint density at radius 3 is 2.93 bits per heavy atom. The molecule has 0 saturated heterocycles. The van der Waals surface area contributed by atoms with Crippen molar-refractivity contribution in [2.75, 3.05) is 12.4 Å². The van der Waals surface area contributed by atoms with Crippen LogP contribution in [-0.2, 0) is 0 Å². The smallest absolute Gasteiger partial charge is 0.166 e. The molecule has 0 unspecified atom stereocenters. The third-order valence-corrected chi connectivity index (χ3v) is 2.37. The summed E-state index contributed by atoms with van der Waals surface area (Å²) in [6.45, 7) is 2.25. The van der Waals surface area contributed by atoms with Crippen LogP contribution < -0.4 is 4.74 Å². The van der Waals surface area contributed by atoms with Crippen molar-refractivity contribution < 1.29 is 9.13 Å². The van der Waals surface area contributed by atoms with Gasteiger partial charge in [0, 0.05) is 4.90 Å². The summed E-state index contributed by atoms with van der Waals surface area (Å²) in [6, 6.07) is 6.69. The molecule has 0 bridgehead atoms. The Hall–Kier alpha value is -1.21. The van der Waals surface area contributed by atoms with Gasteiger partial charge in [0.15, 0.2) is 11.6 Å². The zero-order valence-corrected chi connectivity index (χ0v) is 8.60. The van der Waals surface area contributed by atoms with Crippen LogP contribution in [0.5, 0.6) is 5.75 Å².